The first-order valence-corrected chi connectivity index (χ1v) is 5.12. The molecule has 15 heavy (non-hydrogen) atoms. The molecule has 0 aromatic rings. The summed E-state index contributed by atoms with van der Waals surface area (Å²) >= 11 is 0. The predicted molar refractivity (Wildman–Crippen MR) is 61.8 cm³/mol. The number of Topliss-reactive ketones (excluding diaryl/α,β-unsaturated/α-hetero) is 1. The quantitative estimate of drug-likeness (QED) is 0.679. The molecule has 0 atom stereocenters. The van der Waals surface area contributed by atoms with Gasteiger partial charge >= 0.3 is 0 Å². The SMILES string of the molecule is CC(C)C(=O)C(=N)C(=N)C1=CCCC=C1. The molecule has 0 heterocycles. The average molecular weight is 204 g/mol. The van der Waals surface area contributed by atoms with Gasteiger partial charge in [0, 0.05) is 5.92 Å². The predicted octanol–water partition coefficient (Wildman–Crippen LogP) is 2.53. The Bertz CT molecular complexity index is 362. The molecule has 0 bridgehead atoms. The third kappa shape index (κ3) is 2.72. The van der Waals surface area contributed by atoms with Gasteiger partial charge in [-0.05, 0) is 18.4 Å². The highest BCUT2D eigenvalue weighted by molar-refractivity contribution is 6.69. The van der Waals surface area contributed by atoms with Crippen LogP contribution in [0.4, 0.5) is 0 Å². The van der Waals surface area contributed by atoms with Crippen LogP contribution in [0.25, 0.3) is 0 Å². The minimum Gasteiger partial charge on any atom is -0.298 e. The second-order valence-corrected chi connectivity index (χ2v) is 3.91. The smallest absolute Gasteiger partial charge is 0.185 e. The highest BCUT2D eigenvalue weighted by atomic mass is 16.1. The van der Waals surface area contributed by atoms with Gasteiger partial charge in [-0.2, -0.15) is 0 Å². The van der Waals surface area contributed by atoms with E-state index < -0.39 is 0 Å². The maximum absolute atomic E-state index is 11.5. The summed E-state index contributed by atoms with van der Waals surface area (Å²) < 4.78 is 0. The second kappa shape index (κ2) is 4.82. The minimum absolute atomic E-state index is 0.0460. The Hall–Kier alpha value is -1.51. The molecule has 3 nitrogen and oxygen atoms in total. The monoisotopic (exact) mass is 204 g/mol. The first kappa shape index (κ1) is 11.6. The molecule has 80 valence electrons. The zero-order valence-corrected chi connectivity index (χ0v) is 9.13. The maximum Gasteiger partial charge on any atom is 0.185 e. The topological polar surface area (TPSA) is 64.8 Å². The van der Waals surface area contributed by atoms with Crippen molar-refractivity contribution in [1.82, 2.24) is 0 Å². The molecule has 0 aromatic heterocycles. The Balaban J connectivity index is 2.77. The van der Waals surface area contributed by atoms with Crippen LogP contribution in [0.5, 0.6) is 0 Å². The number of rotatable bonds is 4. The average Bonchev–Trinajstić information content (AvgIpc) is 2.27. The summed E-state index contributed by atoms with van der Waals surface area (Å²) in [6, 6.07) is 0. The van der Waals surface area contributed by atoms with Crippen molar-refractivity contribution < 1.29 is 4.79 Å². The highest BCUT2D eigenvalue weighted by Gasteiger charge is 2.19. The molecule has 0 fully saturated rings. The summed E-state index contributed by atoms with van der Waals surface area (Å²) in [4.78, 5) is 11.5. The normalized spacial score (nSPS) is 15.0. The Morgan fingerprint density at radius 2 is 2.00 bits per heavy atom. The van der Waals surface area contributed by atoms with Crippen LogP contribution in [0.3, 0.4) is 0 Å². The largest absolute Gasteiger partial charge is 0.298 e. The van der Waals surface area contributed by atoms with Crippen molar-refractivity contribution in [3.8, 4) is 0 Å². The number of nitrogens with one attached hydrogen (secondary N) is 2. The van der Waals surface area contributed by atoms with Crippen LogP contribution in [0, 0.1) is 16.7 Å². The van der Waals surface area contributed by atoms with E-state index in [1.54, 1.807) is 13.8 Å². The summed E-state index contributed by atoms with van der Waals surface area (Å²) in [5.74, 6) is -0.481. The lowest BCUT2D eigenvalue weighted by Gasteiger charge is -2.10. The summed E-state index contributed by atoms with van der Waals surface area (Å²) in [6.45, 7) is 3.49. The highest BCUT2D eigenvalue weighted by Crippen LogP contribution is 2.12. The number of carbonyl (C=O) groups is 1. The van der Waals surface area contributed by atoms with Gasteiger partial charge in [-0.25, -0.2) is 0 Å². The van der Waals surface area contributed by atoms with Crippen molar-refractivity contribution in [1.29, 1.82) is 10.8 Å². The van der Waals surface area contributed by atoms with E-state index in [1.807, 2.05) is 18.2 Å². The molecular formula is C12H16N2O. The molecule has 0 aromatic carbocycles. The van der Waals surface area contributed by atoms with Crippen molar-refractivity contribution in [3.63, 3.8) is 0 Å². The molecule has 0 radical (unpaired) electrons. The summed E-state index contributed by atoms with van der Waals surface area (Å²) in [5.41, 5.74) is 0.563. The van der Waals surface area contributed by atoms with E-state index in [4.69, 9.17) is 10.8 Å². The number of hydrogen-bond donors (Lipinski definition) is 2. The summed E-state index contributed by atoms with van der Waals surface area (Å²) in [5, 5.41) is 15.4. The van der Waals surface area contributed by atoms with Crippen molar-refractivity contribution in [2.75, 3.05) is 0 Å². The van der Waals surface area contributed by atoms with Gasteiger partial charge in [-0.3, -0.25) is 15.6 Å². The second-order valence-electron chi connectivity index (χ2n) is 3.91. The molecule has 2 N–H and O–H groups in total. The summed E-state index contributed by atoms with van der Waals surface area (Å²) in [7, 11) is 0. The van der Waals surface area contributed by atoms with E-state index in [9.17, 15) is 4.79 Å². The van der Waals surface area contributed by atoms with Crippen LogP contribution >= 0.6 is 0 Å². The van der Waals surface area contributed by atoms with E-state index in [1.165, 1.54) is 0 Å². The number of carbonyl (C=O) groups excluding carboxylic acids is 1. The van der Waals surface area contributed by atoms with E-state index in [-0.39, 0.29) is 23.1 Å². The van der Waals surface area contributed by atoms with Crippen molar-refractivity contribution >= 4 is 17.2 Å². The standard InChI is InChI=1S/C12H16N2O/c1-8(2)12(15)11(14)10(13)9-6-4-3-5-7-9/h4,6-8,13-14H,3,5H2,1-2H3. The van der Waals surface area contributed by atoms with E-state index in [0.717, 1.165) is 12.8 Å². The summed E-state index contributed by atoms with van der Waals surface area (Å²) in [6.07, 6.45) is 7.55. The zero-order valence-electron chi connectivity index (χ0n) is 9.13. The van der Waals surface area contributed by atoms with Gasteiger partial charge in [0.25, 0.3) is 0 Å². The van der Waals surface area contributed by atoms with Crippen LogP contribution in [0.1, 0.15) is 26.7 Å². The van der Waals surface area contributed by atoms with Crippen LogP contribution in [-0.2, 0) is 4.79 Å². The van der Waals surface area contributed by atoms with Gasteiger partial charge in [0.15, 0.2) is 5.78 Å². The van der Waals surface area contributed by atoms with Gasteiger partial charge in [0.1, 0.15) is 5.71 Å². The molecule has 0 amide bonds. The van der Waals surface area contributed by atoms with Gasteiger partial charge in [-0.1, -0.05) is 32.1 Å². The Labute approximate surface area is 89.9 Å². The molecule has 3 heteroatoms. The molecular weight excluding hydrogens is 188 g/mol. The molecule has 1 aliphatic rings. The molecule has 1 rings (SSSR count). The van der Waals surface area contributed by atoms with E-state index in [2.05, 4.69) is 0 Å². The van der Waals surface area contributed by atoms with E-state index in [0.29, 0.717) is 5.57 Å². The third-order valence-electron chi connectivity index (χ3n) is 2.30. The fraction of sp³-hybridized carbons (Fsp3) is 0.417. The van der Waals surface area contributed by atoms with Gasteiger partial charge in [0.2, 0.25) is 0 Å². The lowest BCUT2D eigenvalue weighted by atomic mass is 9.94. The van der Waals surface area contributed by atoms with Crippen molar-refractivity contribution in [2.24, 2.45) is 5.92 Å². The Morgan fingerprint density at radius 1 is 1.33 bits per heavy atom. The number of allylic oxidation sites excluding steroid dienone is 4. The Kier molecular flexibility index (Phi) is 3.72. The first-order valence-electron chi connectivity index (χ1n) is 5.12. The minimum atomic E-state index is -0.264. The van der Waals surface area contributed by atoms with Gasteiger partial charge < -0.3 is 0 Å². The number of ketones is 1. The lowest BCUT2D eigenvalue weighted by molar-refractivity contribution is -0.115. The van der Waals surface area contributed by atoms with E-state index >= 15 is 0 Å². The fourth-order valence-corrected chi connectivity index (χ4v) is 1.36. The van der Waals surface area contributed by atoms with Gasteiger partial charge in [-0.15, -0.1) is 0 Å². The third-order valence-corrected chi connectivity index (χ3v) is 2.30. The molecule has 0 saturated heterocycles. The molecule has 0 unspecified atom stereocenters. The maximum atomic E-state index is 11.5. The molecule has 1 aliphatic carbocycles. The molecule has 0 saturated carbocycles. The fourth-order valence-electron chi connectivity index (χ4n) is 1.36. The van der Waals surface area contributed by atoms with Gasteiger partial charge in [0.05, 0.1) is 5.71 Å². The first-order chi connectivity index (χ1) is 7.04. The number of hydrogen-bond acceptors (Lipinski definition) is 3. The Morgan fingerprint density at radius 3 is 2.47 bits per heavy atom. The van der Waals surface area contributed by atoms with Crippen molar-refractivity contribution in [2.45, 2.75) is 26.7 Å². The zero-order chi connectivity index (χ0) is 11.4. The molecule has 0 spiro atoms. The molecule has 0 aliphatic heterocycles. The lowest BCUT2D eigenvalue weighted by Crippen LogP contribution is -2.27. The van der Waals surface area contributed by atoms with Crippen LogP contribution in [-0.4, -0.2) is 17.2 Å². The van der Waals surface area contributed by atoms with Crippen molar-refractivity contribution in [3.05, 3.63) is 23.8 Å². The van der Waals surface area contributed by atoms with Crippen LogP contribution in [0.2, 0.25) is 0 Å². The van der Waals surface area contributed by atoms with Crippen LogP contribution in [0.15, 0.2) is 23.8 Å². The van der Waals surface area contributed by atoms with Crippen LogP contribution < -0.4 is 0 Å².